The zero-order chi connectivity index (χ0) is 20.1. The standard InChI is InChI=1S/C23H22N2O2S/c1-15-6-4-7-19(12-15)24-23(27)21(14-20-8-5-11-28-20)25-22(26)18-10-9-16(2)17(3)13-18/h4-14H,1-3H3,(H,24,27)(H,25,26)/b21-14-. The van der Waals surface area contributed by atoms with Crippen LogP contribution < -0.4 is 10.6 Å². The van der Waals surface area contributed by atoms with Crippen molar-refractivity contribution in [2.75, 3.05) is 5.32 Å². The van der Waals surface area contributed by atoms with Gasteiger partial charge in [-0.25, -0.2) is 0 Å². The lowest BCUT2D eigenvalue weighted by Gasteiger charge is -2.12. The van der Waals surface area contributed by atoms with E-state index in [0.29, 0.717) is 11.3 Å². The molecule has 0 bridgehead atoms. The zero-order valence-corrected chi connectivity index (χ0v) is 16.9. The quantitative estimate of drug-likeness (QED) is 0.597. The Kier molecular flexibility index (Phi) is 6.06. The van der Waals surface area contributed by atoms with Crippen molar-refractivity contribution >= 4 is 34.9 Å². The molecule has 0 fully saturated rings. The molecule has 0 atom stereocenters. The summed E-state index contributed by atoms with van der Waals surface area (Å²) in [6.07, 6.45) is 1.69. The largest absolute Gasteiger partial charge is 0.321 e. The first-order chi connectivity index (χ1) is 13.4. The maximum atomic E-state index is 12.8. The Hall–Kier alpha value is -3.18. The van der Waals surface area contributed by atoms with Crippen LogP contribution in [0.25, 0.3) is 6.08 Å². The van der Waals surface area contributed by atoms with E-state index in [1.807, 2.05) is 74.7 Å². The van der Waals surface area contributed by atoms with Gasteiger partial charge in [-0.05, 0) is 79.2 Å². The van der Waals surface area contributed by atoms with Crippen molar-refractivity contribution in [1.82, 2.24) is 5.32 Å². The number of carbonyl (C=O) groups is 2. The summed E-state index contributed by atoms with van der Waals surface area (Å²) in [7, 11) is 0. The average Bonchev–Trinajstić information content (AvgIpc) is 3.16. The minimum atomic E-state index is -0.365. The highest BCUT2D eigenvalue weighted by atomic mass is 32.1. The van der Waals surface area contributed by atoms with Crippen LogP contribution in [-0.2, 0) is 4.79 Å². The minimum absolute atomic E-state index is 0.201. The van der Waals surface area contributed by atoms with Crippen LogP contribution in [0, 0.1) is 20.8 Å². The highest BCUT2D eigenvalue weighted by Gasteiger charge is 2.16. The first kappa shape index (κ1) is 19.6. The summed E-state index contributed by atoms with van der Waals surface area (Å²) in [4.78, 5) is 26.5. The van der Waals surface area contributed by atoms with E-state index in [9.17, 15) is 9.59 Å². The lowest BCUT2D eigenvalue weighted by Crippen LogP contribution is -2.30. The second-order valence-corrected chi connectivity index (χ2v) is 7.63. The molecule has 2 N–H and O–H groups in total. The van der Waals surface area contributed by atoms with Gasteiger partial charge in [0.1, 0.15) is 5.70 Å². The molecule has 1 aromatic heterocycles. The number of benzene rings is 2. The number of nitrogens with one attached hydrogen (secondary N) is 2. The van der Waals surface area contributed by atoms with Gasteiger partial charge < -0.3 is 10.6 Å². The topological polar surface area (TPSA) is 58.2 Å². The molecule has 0 aliphatic heterocycles. The van der Waals surface area contributed by atoms with E-state index in [2.05, 4.69) is 10.6 Å². The Balaban J connectivity index is 1.85. The van der Waals surface area contributed by atoms with E-state index in [0.717, 1.165) is 21.6 Å². The first-order valence-electron chi connectivity index (χ1n) is 8.94. The molecule has 28 heavy (non-hydrogen) atoms. The molecular formula is C23H22N2O2S. The van der Waals surface area contributed by atoms with Gasteiger partial charge in [-0.2, -0.15) is 0 Å². The summed E-state index contributed by atoms with van der Waals surface area (Å²) in [5.41, 5.74) is 4.59. The molecule has 0 unspecified atom stereocenters. The van der Waals surface area contributed by atoms with E-state index in [1.54, 1.807) is 12.1 Å². The number of rotatable bonds is 5. The number of aryl methyl sites for hydroxylation is 3. The number of hydrogen-bond acceptors (Lipinski definition) is 3. The van der Waals surface area contributed by atoms with E-state index >= 15 is 0 Å². The van der Waals surface area contributed by atoms with Gasteiger partial charge in [0.25, 0.3) is 11.8 Å². The number of thiophene rings is 1. The van der Waals surface area contributed by atoms with Crippen LogP contribution in [0.15, 0.2) is 65.7 Å². The van der Waals surface area contributed by atoms with Crippen LogP contribution in [0.5, 0.6) is 0 Å². The van der Waals surface area contributed by atoms with Gasteiger partial charge in [0.2, 0.25) is 0 Å². The highest BCUT2D eigenvalue weighted by molar-refractivity contribution is 7.10. The summed E-state index contributed by atoms with van der Waals surface area (Å²) < 4.78 is 0. The van der Waals surface area contributed by atoms with E-state index in [4.69, 9.17) is 0 Å². The van der Waals surface area contributed by atoms with Crippen molar-refractivity contribution in [3.8, 4) is 0 Å². The monoisotopic (exact) mass is 390 g/mol. The highest BCUT2D eigenvalue weighted by Crippen LogP contribution is 2.16. The summed E-state index contributed by atoms with van der Waals surface area (Å²) >= 11 is 1.50. The smallest absolute Gasteiger partial charge is 0.272 e. The maximum Gasteiger partial charge on any atom is 0.272 e. The molecule has 0 saturated carbocycles. The molecule has 2 aromatic carbocycles. The molecule has 3 aromatic rings. The molecule has 0 spiro atoms. The molecule has 4 nitrogen and oxygen atoms in total. The summed E-state index contributed by atoms with van der Waals surface area (Å²) in [6.45, 7) is 5.91. The normalized spacial score (nSPS) is 11.2. The third-order valence-electron chi connectivity index (χ3n) is 4.37. The summed E-state index contributed by atoms with van der Waals surface area (Å²) in [5.74, 6) is -0.679. The van der Waals surface area contributed by atoms with Gasteiger partial charge in [-0.3, -0.25) is 9.59 Å². The fraction of sp³-hybridized carbons (Fsp3) is 0.130. The van der Waals surface area contributed by atoms with Crippen molar-refractivity contribution in [3.63, 3.8) is 0 Å². The predicted molar refractivity (Wildman–Crippen MR) is 115 cm³/mol. The Bertz CT molecular complexity index is 1040. The second-order valence-electron chi connectivity index (χ2n) is 6.65. The Morgan fingerprint density at radius 2 is 1.75 bits per heavy atom. The van der Waals surface area contributed by atoms with Crippen molar-refractivity contribution in [2.24, 2.45) is 0 Å². The SMILES string of the molecule is Cc1cccc(NC(=O)/C(=C/c2cccs2)NC(=O)c2ccc(C)c(C)c2)c1. The van der Waals surface area contributed by atoms with Gasteiger partial charge in [0.05, 0.1) is 0 Å². The second kappa shape index (κ2) is 8.67. The average molecular weight is 391 g/mol. The lowest BCUT2D eigenvalue weighted by molar-refractivity contribution is -0.113. The molecule has 0 radical (unpaired) electrons. The first-order valence-corrected chi connectivity index (χ1v) is 9.82. The van der Waals surface area contributed by atoms with Gasteiger partial charge in [0, 0.05) is 16.1 Å². The van der Waals surface area contributed by atoms with Crippen molar-refractivity contribution in [1.29, 1.82) is 0 Å². The van der Waals surface area contributed by atoms with Gasteiger partial charge in [0.15, 0.2) is 0 Å². The van der Waals surface area contributed by atoms with E-state index in [1.165, 1.54) is 11.3 Å². The fourth-order valence-electron chi connectivity index (χ4n) is 2.67. The number of anilines is 1. The molecule has 3 rings (SSSR count). The number of amides is 2. The molecule has 1 heterocycles. The van der Waals surface area contributed by atoms with Crippen LogP contribution in [0.4, 0.5) is 5.69 Å². The van der Waals surface area contributed by atoms with Crippen LogP contribution in [0.3, 0.4) is 0 Å². The third-order valence-corrected chi connectivity index (χ3v) is 5.19. The summed E-state index contributed by atoms with van der Waals surface area (Å²) in [6, 6.07) is 16.8. The van der Waals surface area contributed by atoms with Crippen LogP contribution in [0.2, 0.25) is 0 Å². The van der Waals surface area contributed by atoms with Crippen LogP contribution in [0.1, 0.15) is 31.9 Å². The molecular weight excluding hydrogens is 368 g/mol. The van der Waals surface area contributed by atoms with Gasteiger partial charge in [-0.15, -0.1) is 11.3 Å². The maximum absolute atomic E-state index is 12.8. The predicted octanol–water partition coefficient (Wildman–Crippen LogP) is 5.08. The zero-order valence-electron chi connectivity index (χ0n) is 16.1. The van der Waals surface area contributed by atoms with Gasteiger partial charge in [-0.1, -0.05) is 24.3 Å². The van der Waals surface area contributed by atoms with E-state index in [-0.39, 0.29) is 17.5 Å². The summed E-state index contributed by atoms with van der Waals surface area (Å²) in [5, 5.41) is 7.55. The lowest BCUT2D eigenvalue weighted by atomic mass is 10.1. The Labute approximate surface area is 168 Å². The molecule has 0 saturated heterocycles. The minimum Gasteiger partial charge on any atom is -0.321 e. The molecule has 0 aliphatic rings. The molecule has 5 heteroatoms. The van der Waals surface area contributed by atoms with Crippen molar-refractivity contribution < 1.29 is 9.59 Å². The van der Waals surface area contributed by atoms with E-state index < -0.39 is 0 Å². The molecule has 142 valence electrons. The van der Waals surface area contributed by atoms with Crippen LogP contribution in [-0.4, -0.2) is 11.8 Å². The molecule has 2 amide bonds. The van der Waals surface area contributed by atoms with Crippen molar-refractivity contribution in [3.05, 3.63) is 92.8 Å². The number of hydrogen-bond donors (Lipinski definition) is 2. The van der Waals surface area contributed by atoms with Crippen molar-refractivity contribution in [2.45, 2.75) is 20.8 Å². The fourth-order valence-corrected chi connectivity index (χ4v) is 3.33. The Morgan fingerprint density at radius 1 is 0.929 bits per heavy atom. The van der Waals surface area contributed by atoms with Crippen LogP contribution >= 0.6 is 11.3 Å². The Morgan fingerprint density at radius 3 is 2.43 bits per heavy atom. The molecule has 0 aliphatic carbocycles. The van der Waals surface area contributed by atoms with Gasteiger partial charge >= 0.3 is 0 Å². The number of carbonyl (C=O) groups excluding carboxylic acids is 2. The third kappa shape index (κ3) is 4.96.